The van der Waals surface area contributed by atoms with Crippen LogP contribution in [0.15, 0.2) is 18.2 Å². The van der Waals surface area contributed by atoms with E-state index >= 15 is 0 Å². The monoisotopic (exact) mass is 283 g/mol. The molecule has 6 nitrogen and oxygen atoms in total. The predicted octanol–water partition coefficient (Wildman–Crippen LogP) is 2.44. The van der Waals surface area contributed by atoms with Crippen LogP contribution in [0.2, 0.25) is 0 Å². The first-order valence-electron chi connectivity index (χ1n) is 6.35. The number of nitrogens with one attached hydrogen (secondary N) is 1. The van der Waals surface area contributed by atoms with E-state index in [1.54, 1.807) is 0 Å². The van der Waals surface area contributed by atoms with Crippen molar-refractivity contribution in [1.29, 1.82) is 0 Å². The summed E-state index contributed by atoms with van der Waals surface area (Å²) in [6.45, 7) is 3.75. The van der Waals surface area contributed by atoms with Crippen LogP contribution in [0.3, 0.4) is 0 Å². The molecule has 1 aromatic rings. The van der Waals surface area contributed by atoms with Crippen molar-refractivity contribution in [3.8, 4) is 0 Å². The smallest absolute Gasteiger partial charge is 0.292 e. The van der Waals surface area contributed by atoms with E-state index in [9.17, 15) is 19.3 Å². The van der Waals surface area contributed by atoms with E-state index in [2.05, 4.69) is 5.32 Å². The van der Waals surface area contributed by atoms with E-state index in [-0.39, 0.29) is 17.9 Å². The Morgan fingerprint density at radius 1 is 1.45 bits per heavy atom. The number of carbonyl (C=O) groups excluding carboxylic acids is 1. The number of nitrogens with two attached hydrogens (primary N) is 1. The molecule has 7 heteroatoms. The molecule has 0 unspecified atom stereocenters. The van der Waals surface area contributed by atoms with E-state index < -0.39 is 22.1 Å². The number of hydrogen-bond acceptors (Lipinski definition) is 4. The zero-order valence-electron chi connectivity index (χ0n) is 11.5. The number of nitro benzene ring substituents is 1. The van der Waals surface area contributed by atoms with Gasteiger partial charge in [0.15, 0.2) is 0 Å². The second-order valence-corrected chi connectivity index (χ2v) is 4.56. The van der Waals surface area contributed by atoms with Crippen molar-refractivity contribution < 1.29 is 14.1 Å². The van der Waals surface area contributed by atoms with E-state index in [0.717, 1.165) is 18.2 Å². The summed E-state index contributed by atoms with van der Waals surface area (Å²) in [4.78, 5) is 22.5. The van der Waals surface area contributed by atoms with Crippen LogP contribution in [0.1, 0.15) is 26.7 Å². The van der Waals surface area contributed by atoms with Crippen LogP contribution in [0.4, 0.5) is 15.8 Å². The summed E-state index contributed by atoms with van der Waals surface area (Å²) in [7, 11) is 0. The van der Waals surface area contributed by atoms with Gasteiger partial charge in [-0.1, -0.05) is 13.8 Å². The highest BCUT2D eigenvalue weighted by Crippen LogP contribution is 2.30. The van der Waals surface area contributed by atoms with Gasteiger partial charge in [0.1, 0.15) is 11.5 Å². The first-order valence-corrected chi connectivity index (χ1v) is 6.35. The van der Waals surface area contributed by atoms with Gasteiger partial charge in [-0.2, -0.15) is 0 Å². The van der Waals surface area contributed by atoms with Crippen LogP contribution in [0.5, 0.6) is 0 Å². The molecular weight excluding hydrogens is 265 g/mol. The molecule has 0 aromatic heterocycles. The maximum absolute atomic E-state index is 13.2. The SMILES string of the molecule is CCC(CC)(CN)C(=O)Nc1cc(F)ccc1[N+](=O)[O-]. The Bertz CT molecular complexity index is 507. The van der Waals surface area contributed by atoms with Crippen molar-refractivity contribution in [1.82, 2.24) is 0 Å². The highest BCUT2D eigenvalue weighted by molar-refractivity contribution is 5.97. The number of carbonyl (C=O) groups is 1. The average molecular weight is 283 g/mol. The predicted molar refractivity (Wildman–Crippen MR) is 73.8 cm³/mol. The number of nitrogens with zero attached hydrogens (tertiary/aromatic N) is 1. The molecule has 0 atom stereocenters. The fourth-order valence-corrected chi connectivity index (χ4v) is 1.97. The van der Waals surface area contributed by atoms with E-state index in [4.69, 9.17) is 5.73 Å². The molecular formula is C13H18FN3O3. The van der Waals surface area contributed by atoms with Gasteiger partial charge in [0, 0.05) is 18.7 Å². The normalized spacial score (nSPS) is 11.2. The third-order valence-corrected chi connectivity index (χ3v) is 3.63. The summed E-state index contributed by atoms with van der Waals surface area (Å²) in [6, 6.07) is 2.93. The molecule has 0 saturated carbocycles. The second kappa shape index (κ2) is 6.42. The van der Waals surface area contributed by atoms with Gasteiger partial charge in [-0.25, -0.2) is 4.39 Å². The summed E-state index contributed by atoms with van der Waals surface area (Å²) in [6.07, 6.45) is 0.990. The molecule has 0 aliphatic heterocycles. The molecule has 1 amide bonds. The van der Waals surface area contributed by atoms with Crippen LogP contribution in [0.25, 0.3) is 0 Å². The Labute approximate surface area is 116 Å². The molecule has 0 saturated heterocycles. The number of halogens is 1. The standard InChI is InChI=1S/C13H18FN3O3/c1-3-13(4-2,8-15)12(18)16-10-7-9(14)5-6-11(10)17(19)20/h5-7H,3-4,8,15H2,1-2H3,(H,16,18). The molecule has 0 fully saturated rings. The molecule has 0 radical (unpaired) electrons. The van der Waals surface area contributed by atoms with Gasteiger partial charge < -0.3 is 11.1 Å². The highest BCUT2D eigenvalue weighted by atomic mass is 19.1. The van der Waals surface area contributed by atoms with Crippen molar-refractivity contribution in [2.24, 2.45) is 11.1 Å². The number of nitro groups is 1. The molecule has 3 N–H and O–H groups in total. The minimum atomic E-state index is -0.805. The first-order chi connectivity index (χ1) is 9.40. The zero-order valence-corrected chi connectivity index (χ0v) is 11.5. The summed E-state index contributed by atoms with van der Waals surface area (Å²) in [5.41, 5.74) is 4.33. The third kappa shape index (κ3) is 3.11. The largest absolute Gasteiger partial charge is 0.329 e. The van der Waals surface area contributed by atoms with E-state index in [0.29, 0.717) is 12.8 Å². The van der Waals surface area contributed by atoms with Crippen molar-refractivity contribution in [2.75, 3.05) is 11.9 Å². The Morgan fingerprint density at radius 2 is 2.05 bits per heavy atom. The van der Waals surface area contributed by atoms with E-state index in [1.807, 2.05) is 13.8 Å². The molecule has 110 valence electrons. The second-order valence-electron chi connectivity index (χ2n) is 4.56. The molecule has 0 heterocycles. The van der Waals surface area contributed by atoms with Crippen LogP contribution >= 0.6 is 0 Å². The minimum absolute atomic E-state index is 0.120. The number of benzene rings is 1. The molecule has 1 rings (SSSR count). The maximum atomic E-state index is 13.2. The van der Waals surface area contributed by atoms with Crippen LogP contribution in [-0.4, -0.2) is 17.4 Å². The third-order valence-electron chi connectivity index (χ3n) is 3.63. The van der Waals surface area contributed by atoms with Crippen molar-refractivity contribution in [2.45, 2.75) is 26.7 Å². The van der Waals surface area contributed by atoms with Crippen molar-refractivity contribution in [3.63, 3.8) is 0 Å². The van der Waals surface area contributed by atoms with Gasteiger partial charge in [0.25, 0.3) is 5.69 Å². The number of hydrogen-bond donors (Lipinski definition) is 2. The van der Waals surface area contributed by atoms with Crippen LogP contribution in [0, 0.1) is 21.3 Å². The Kier molecular flexibility index (Phi) is 5.15. The molecule has 1 aromatic carbocycles. The van der Waals surface area contributed by atoms with Gasteiger partial charge in [-0.05, 0) is 18.9 Å². The fraction of sp³-hybridized carbons (Fsp3) is 0.462. The first kappa shape index (κ1) is 16.0. The lowest BCUT2D eigenvalue weighted by Crippen LogP contribution is -2.41. The highest BCUT2D eigenvalue weighted by Gasteiger charge is 2.34. The van der Waals surface area contributed by atoms with Gasteiger partial charge in [-0.3, -0.25) is 14.9 Å². The molecule has 0 aliphatic carbocycles. The lowest BCUT2D eigenvalue weighted by Gasteiger charge is -2.28. The number of rotatable bonds is 6. The average Bonchev–Trinajstić information content (AvgIpc) is 2.41. The molecule has 20 heavy (non-hydrogen) atoms. The van der Waals surface area contributed by atoms with Gasteiger partial charge in [-0.15, -0.1) is 0 Å². The fourth-order valence-electron chi connectivity index (χ4n) is 1.97. The van der Waals surface area contributed by atoms with Crippen molar-refractivity contribution in [3.05, 3.63) is 34.1 Å². The number of amides is 1. The Balaban J connectivity index is 3.12. The summed E-state index contributed by atoms with van der Waals surface area (Å²) in [5, 5.41) is 13.3. The van der Waals surface area contributed by atoms with Crippen LogP contribution in [-0.2, 0) is 4.79 Å². The topological polar surface area (TPSA) is 98.3 Å². The Morgan fingerprint density at radius 3 is 2.50 bits per heavy atom. The van der Waals surface area contributed by atoms with Gasteiger partial charge >= 0.3 is 0 Å². The molecule has 0 aliphatic rings. The lowest BCUT2D eigenvalue weighted by molar-refractivity contribution is -0.384. The maximum Gasteiger partial charge on any atom is 0.292 e. The summed E-state index contributed by atoms with van der Waals surface area (Å²) >= 11 is 0. The minimum Gasteiger partial charge on any atom is -0.329 e. The summed E-state index contributed by atoms with van der Waals surface area (Å²) < 4.78 is 13.2. The Hall–Kier alpha value is -2.02. The lowest BCUT2D eigenvalue weighted by atomic mass is 9.81. The van der Waals surface area contributed by atoms with E-state index in [1.165, 1.54) is 0 Å². The quantitative estimate of drug-likeness (QED) is 0.618. The summed E-state index contributed by atoms with van der Waals surface area (Å²) in [5.74, 6) is -1.09. The van der Waals surface area contributed by atoms with Crippen LogP contribution < -0.4 is 11.1 Å². The van der Waals surface area contributed by atoms with Gasteiger partial charge in [0.05, 0.1) is 10.3 Å². The van der Waals surface area contributed by atoms with Crippen molar-refractivity contribution >= 4 is 17.3 Å². The molecule has 0 spiro atoms. The zero-order chi connectivity index (χ0) is 15.3. The number of anilines is 1. The van der Waals surface area contributed by atoms with Gasteiger partial charge in [0.2, 0.25) is 5.91 Å². The molecule has 0 bridgehead atoms.